The number of hydrogen-bond donors (Lipinski definition) is 2. The molecule has 0 radical (unpaired) electrons. The fourth-order valence-electron chi connectivity index (χ4n) is 3.72. The molecule has 0 bridgehead atoms. The topological polar surface area (TPSA) is 81.1 Å². The largest absolute Gasteiger partial charge is 0.494 e. The molecule has 2 aromatic carbocycles. The average molecular weight is 464 g/mol. The summed E-state index contributed by atoms with van der Waals surface area (Å²) in [5.74, 6) is 2.14. The summed E-state index contributed by atoms with van der Waals surface area (Å²) in [6, 6.07) is 17.0. The van der Waals surface area contributed by atoms with Gasteiger partial charge in [-0.3, -0.25) is 4.79 Å². The number of benzene rings is 2. The van der Waals surface area contributed by atoms with E-state index in [4.69, 9.17) is 9.84 Å². The second-order valence-electron chi connectivity index (χ2n) is 7.75. The molecule has 3 aromatic rings. The lowest BCUT2D eigenvalue weighted by molar-refractivity contribution is -0.113. The molecular weight excluding hydrogens is 434 g/mol. The minimum absolute atomic E-state index is 0.176. The van der Waals surface area contributed by atoms with Crippen LogP contribution in [0.25, 0.3) is 0 Å². The van der Waals surface area contributed by atoms with E-state index in [1.54, 1.807) is 16.4 Å². The number of para-hydroxylation sites is 1. The normalized spacial score (nSPS) is 15.1. The lowest BCUT2D eigenvalue weighted by Crippen LogP contribution is -2.31. The van der Waals surface area contributed by atoms with Gasteiger partial charge in [0.2, 0.25) is 11.1 Å². The fraction of sp³-hybridized carbons (Fsp3) is 0.320. The van der Waals surface area contributed by atoms with Crippen LogP contribution >= 0.6 is 11.8 Å². The Labute approximate surface area is 198 Å². The van der Waals surface area contributed by atoms with E-state index in [9.17, 15) is 4.79 Å². The van der Waals surface area contributed by atoms with Gasteiger partial charge in [-0.1, -0.05) is 62.4 Å². The molecule has 1 unspecified atom stereocenters. The Kier molecular flexibility index (Phi) is 7.34. The molecule has 4 rings (SSSR count). The van der Waals surface area contributed by atoms with Crippen LogP contribution in [0, 0.1) is 0 Å². The van der Waals surface area contributed by atoms with E-state index >= 15 is 0 Å². The van der Waals surface area contributed by atoms with Crippen LogP contribution in [0.3, 0.4) is 0 Å². The highest BCUT2D eigenvalue weighted by atomic mass is 32.2. The highest BCUT2D eigenvalue weighted by molar-refractivity contribution is 7.99. The molecular formula is C25H29N5O2S. The third-order valence-electron chi connectivity index (χ3n) is 5.35. The van der Waals surface area contributed by atoms with Crippen LogP contribution in [0.1, 0.15) is 45.2 Å². The van der Waals surface area contributed by atoms with Crippen molar-refractivity contribution in [1.29, 1.82) is 0 Å². The summed E-state index contributed by atoms with van der Waals surface area (Å²) in [4.78, 5) is 18.1. The van der Waals surface area contributed by atoms with Crippen LogP contribution in [0.2, 0.25) is 0 Å². The van der Waals surface area contributed by atoms with Crippen molar-refractivity contribution >= 4 is 29.3 Å². The van der Waals surface area contributed by atoms with Crippen molar-refractivity contribution in [1.82, 2.24) is 14.8 Å². The molecule has 1 aromatic heterocycles. The van der Waals surface area contributed by atoms with Crippen molar-refractivity contribution in [2.75, 3.05) is 23.0 Å². The molecule has 33 heavy (non-hydrogen) atoms. The molecule has 0 spiro atoms. The van der Waals surface area contributed by atoms with E-state index in [1.807, 2.05) is 61.5 Å². The number of hydrogen-bond acceptors (Lipinski definition) is 6. The number of fused-ring (bicyclic) bond motifs is 1. The number of carbonyl (C=O) groups is 1. The first-order valence-corrected chi connectivity index (χ1v) is 12.3. The summed E-state index contributed by atoms with van der Waals surface area (Å²) in [5.41, 5.74) is 3.04. The quantitative estimate of drug-likeness (QED) is 0.322. The number of aromatic nitrogens is 3. The maximum absolute atomic E-state index is 13.4. The minimum Gasteiger partial charge on any atom is -0.494 e. The van der Waals surface area contributed by atoms with Crippen LogP contribution in [0.4, 0.5) is 11.6 Å². The first-order valence-electron chi connectivity index (χ1n) is 11.3. The zero-order valence-corrected chi connectivity index (χ0v) is 20.0. The number of nitrogens with one attached hydrogen (secondary N) is 2. The van der Waals surface area contributed by atoms with Gasteiger partial charge in [-0.2, -0.15) is 4.98 Å². The number of thioether (sulfide) groups is 1. The fourth-order valence-corrected chi connectivity index (χ4v) is 4.28. The molecule has 0 aliphatic carbocycles. The Balaban J connectivity index is 1.69. The smallest absolute Gasteiger partial charge is 0.255 e. The Hall–Kier alpha value is -3.26. The van der Waals surface area contributed by atoms with Crippen molar-refractivity contribution in [2.45, 2.75) is 44.8 Å². The van der Waals surface area contributed by atoms with Crippen LogP contribution in [0.5, 0.6) is 5.75 Å². The van der Waals surface area contributed by atoms with Gasteiger partial charge in [-0.05, 0) is 48.9 Å². The molecule has 1 aliphatic heterocycles. The van der Waals surface area contributed by atoms with Crippen molar-refractivity contribution in [3.8, 4) is 5.75 Å². The summed E-state index contributed by atoms with van der Waals surface area (Å²) in [5, 5.41) is 11.7. The molecule has 0 fully saturated rings. The number of anilines is 2. The Bertz CT molecular complexity index is 1130. The highest BCUT2D eigenvalue weighted by Gasteiger charge is 2.34. The van der Waals surface area contributed by atoms with E-state index < -0.39 is 6.04 Å². The summed E-state index contributed by atoms with van der Waals surface area (Å²) < 4.78 is 7.63. The molecule has 1 atom stereocenters. The van der Waals surface area contributed by atoms with E-state index in [0.29, 0.717) is 23.3 Å². The van der Waals surface area contributed by atoms with Crippen LogP contribution in [0.15, 0.2) is 71.0 Å². The Morgan fingerprint density at radius 3 is 2.61 bits per heavy atom. The molecule has 1 amide bonds. The average Bonchev–Trinajstić information content (AvgIpc) is 3.21. The maximum atomic E-state index is 13.4. The lowest BCUT2D eigenvalue weighted by Gasteiger charge is -2.28. The molecule has 8 heteroatoms. The van der Waals surface area contributed by atoms with Crippen LogP contribution in [-0.2, 0) is 4.79 Å². The highest BCUT2D eigenvalue weighted by Crippen LogP contribution is 2.37. The van der Waals surface area contributed by atoms with E-state index in [0.717, 1.165) is 41.3 Å². The van der Waals surface area contributed by atoms with Gasteiger partial charge in [-0.15, -0.1) is 5.10 Å². The zero-order valence-electron chi connectivity index (χ0n) is 19.2. The van der Waals surface area contributed by atoms with Crippen molar-refractivity contribution in [2.24, 2.45) is 0 Å². The van der Waals surface area contributed by atoms with Gasteiger partial charge in [0.05, 0.1) is 12.2 Å². The minimum atomic E-state index is -0.409. The number of nitrogens with zero attached hydrogens (tertiary/aromatic N) is 3. The van der Waals surface area contributed by atoms with Gasteiger partial charge < -0.3 is 15.4 Å². The second kappa shape index (κ2) is 10.6. The van der Waals surface area contributed by atoms with E-state index in [2.05, 4.69) is 29.5 Å². The Morgan fingerprint density at radius 1 is 1.15 bits per heavy atom. The van der Waals surface area contributed by atoms with Crippen molar-refractivity contribution in [3.05, 3.63) is 71.4 Å². The molecule has 0 saturated carbocycles. The zero-order chi connectivity index (χ0) is 23.2. The molecule has 2 heterocycles. The Morgan fingerprint density at radius 2 is 1.91 bits per heavy atom. The van der Waals surface area contributed by atoms with Gasteiger partial charge >= 0.3 is 0 Å². The first kappa shape index (κ1) is 22.9. The second-order valence-corrected chi connectivity index (χ2v) is 8.98. The number of unbranched alkanes of at least 4 members (excludes halogenated alkanes) is 1. The van der Waals surface area contributed by atoms with Crippen molar-refractivity contribution in [3.63, 3.8) is 0 Å². The summed E-state index contributed by atoms with van der Waals surface area (Å²) in [6.45, 7) is 6.80. The molecule has 7 nitrogen and oxygen atoms in total. The number of allylic oxidation sites excluding steroid dienone is 1. The number of carbonyl (C=O) groups excluding carboxylic acids is 1. The molecule has 1 aliphatic rings. The summed E-state index contributed by atoms with van der Waals surface area (Å²) in [7, 11) is 0. The predicted molar refractivity (Wildman–Crippen MR) is 133 cm³/mol. The van der Waals surface area contributed by atoms with Gasteiger partial charge in [0.15, 0.2) is 0 Å². The summed E-state index contributed by atoms with van der Waals surface area (Å²) in [6.07, 6.45) is 2.10. The SMILES string of the molecule is CCCCOc1ccc(C2C(C(=O)Nc3ccccc3)=C(C)Nc3nc(SCC)nn32)cc1. The standard InChI is InChI=1S/C25H29N5O2S/c1-4-6-16-32-20-14-12-18(13-15-20)22-21(23(31)27-19-10-8-7-9-11-19)17(3)26-24-28-25(33-5-2)29-30(22)24/h7-15,22H,4-6,16H2,1-3H3,(H,27,31)(H,26,28,29). The lowest BCUT2D eigenvalue weighted by atomic mass is 9.95. The predicted octanol–water partition coefficient (Wildman–Crippen LogP) is 5.50. The van der Waals surface area contributed by atoms with Crippen LogP contribution < -0.4 is 15.4 Å². The van der Waals surface area contributed by atoms with Crippen LogP contribution in [-0.4, -0.2) is 33.0 Å². The van der Waals surface area contributed by atoms with Gasteiger partial charge in [0, 0.05) is 11.4 Å². The number of rotatable bonds is 9. The van der Waals surface area contributed by atoms with E-state index in [-0.39, 0.29) is 5.91 Å². The van der Waals surface area contributed by atoms with E-state index in [1.165, 1.54) is 0 Å². The van der Waals surface area contributed by atoms with Gasteiger partial charge in [0.25, 0.3) is 5.91 Å². The molecule has 2 N–H and O–H groups in total. The van der Waals surface area contributed by atoms with Gasteiger partial charge in [-0.25, -0.2) is 4.68 Å². The molecule has 172 valence electrons. The third-order valence-corrected chi connectivity index (χ3v) is 6.07. The first-order chi connectivity index (χ1) is 16.1. The maximum Gasteiger partial charge on any atom is 0.255 e. The summed E-state index contributed by atoms with van der Waals surface area (Å²) >= 11 is 1.57. The monoisotopic (exact) mass is 463 g/mol. The van der Waals surface area contributed by atoms with Crippen molar-refractivity contribution < 1.29 is 9.53 Å². The third kappa shape index (κ3) is 5.22. The number of amides is 1. The molecule has 0 saturated heterocycles. The number of ether oxygens (including phenoxy) is 1. The van der Waals surface area contributed by atoms with Gasteiger partial charge in [0.1, 0.15) is 11.8 Å².